The largest absolute Gasteiger partial charge is 0.368 e. The Kier molecular flexibility index (Phi) is 13.0. The molecule has 0 radical (unpaired) electrons. The summed E-state index contributed by atoms with van der Waals surface area (Å²) in [5.41, 5.74) is 0. The Hall–Kier alpha value is -2.36. The molecule has 2 fully saturated rings. The van der Waals surface area contributed by atoms with Crippen molar-refractivity contribution in [2.24, 2.45) is 0 Å². The molecule has 0 spiro atoms. The highest BCUT2D eigenvalue weighted by Gasteiger charge is 2.22. The fourth-order valence-corrected chi connectivity index (χ4v) is 3.95. The van der Waals surface area contributed by atoms with Crippen LogP contribution in [-0.4, -0.2) is 146 Å². The molecule has 0 aliphatic carbocycles. The van der Waals surface area contributed by atoms with E-state index in [1.54, 1.807) is 20.3 Å². The molecule has 2 aliphatic rings. The van der Waals surface area contributed by atoms with Crippen molar-refractivity contribution in [3.8, 4) is 0 Å². The number of hydrogen-bond donors (Lipinski definition) is 0. The lowest BCUT2D eigenvalue weighted by Gasteiger charge is -2.29. The smallest absolute Gasteiger partial charge is 0.322 e. The van der Waals surface area contributed by atoms with Gasteiger partial charge in [0.05, 0.1) is 26.2 Å². The number of nitrogens with zero attached hydrogens (tertiary/aromatic N) is 6. The molecule has 2 heterocycles. The minimum absolute atomic E-state index is 0.397. The van der Waals surface area contributed by atoms with E-state index in [9.17, 15) is 19.2 Å². The molecular weight excluding hydrogens is 476 g/mol. The third kappa shape index (κ3) is 12.6. The van der Waals surface area contributed by atoms with Crippen LogP contribution in [0.15, 0.2) is 0 Å². The summed E-state index contributed by atoms with van der Waals surface area (Å²) < 4.78 is 0. The van der Waals surface area contributed by atoms with Crippen LogP contribution in [0.3, 0.4) is 0 Å². The van der Waals surface area contributed by atoms with Gasteiger partial charge in [-0.25, -0.2) is 0 Å². The molecule has 14 heteroatoms. The fourth-order valence-electron chi connectivity index (χ4n) is 3.95. The van der Waals surface area contributed by atoms with Crippen molar-refractivity contribution in [1.29, 1.82) is 0 Å². The Labute approximate surface area is 212 Å². The maximum Gasteiger partial charge on any atom is 0.322 e. The highest BCUT2D eigenvalue weighted by molar-refractivity contribution is 5.66. The van der Waals surface area contributed by atoms with Gasteiger partial charge < -0.3 is 19.4 Å². The minimum atomic E-state index is -0.397. The summed E-state index contributed by atoms with van der Waals surface area (Å²) in [4.78, 5) is 71.6. The summed E-state index contributed by atoms with van der Waals surface area (Å²) in [6.07, 6.45) is 0. The van der Waals surface area contributed by atoms with Crippen molar-refractivity contribution >= 4 is 23.9 Å². The van der Waals surface area contributed by atoms with E-state index in [2.05, 4.69) is 9.80 Å². The molecule has 14 nitrogen and oxygen atoms in total. The molecule has 0 saturated carbocycles. The molecule has 2 rings (SSSR count). The fraction of sp³-hybridized carbons (Fsp3) is 0.818. The monoisotopic (exact) mass is 516 g/mol. The molecule has 0 unspecified atom stereocenters. The van der Waals surface area contributed by atoms with Crippen LogP contribution in [0.5, 0.6) is 0 Å². The zero-order chi connectivity index (χ0) is 26.5. The molecule has 0 aromatic heterocycles. The van der Waals surface area contributed by atoms with Gasteiger partial charge in [0, 0.05) is 93.1 Å². The van der Waals surface area contributed by atoms with Crippen molar-refractivity contribution in [2.45, 2.75) is 27.7 Å². The maximum absolute atomic E-state index is 11.5. The van der Waals surface area contributed by atoms with E-state index in [1.165, 1.54) is 27.7 Å². The van der Waals surface area contributed by atoms with Crippen LogP contribution in [0.4, 0.5) is 0 Å². The molecule has 0 atom stereocenters. The molecule has 2 aliphatic heterocycles. The molecule has 36 heavy (non-hydrogen) atoms. The van der Waals surface area contributed by atoms with E-state index < -0.39 is 23.9 Å². The van der Waals surface area contributed by atoms with Crippen LogP contribution >= 0.6 is 0 Å². The van der Waals surface area contributed by atoms with Gasteiger partial charge in [-0.05, 0) is 0 Å². The first-order chi connectivity index (χ1) is 17.1. The zero-order valence-corrected chi connectivity index (χ0v) is 21.8. The molecule has 2 saturated heterocycles. The van der Waals surface area contributed by atoms with Gasteiger partial charge in [0.15, 0.2) is 0 Å². The molecule has 206 valence electrons. The van der Waals surface area contributed by atoms with Gasteiger partial charge in [-0.2, -0.15) is 0 Å². The summed E-state index contributed by atoms with van der Waals surface area (Å²) in [6.45, 7) is 13.3. The van der Waals surface area contributed by atoms with Crippen LogP contribution in [-0.2, 0) is 38.5 Å². The van der Waals surface area contributed by atoms with Crippen molar-refractivity contribution < 1.29 is 38.5 Å². The highest BCUT2D eigenvalue weighted by atomic mass is 16.7. The highest BCUT2D eigenvalue weighted by Crippen LogP contribution is 2.06. The lowest BCUT2D eigenvalue weighted by Crippen LogP contribution is -2.44. The predicted octanol–water partition coefficient (Wildman–Crippen LogP) is -1.26. The van der Waals surface area contributed by atoms with Gasteiger partial charge in [0.1, 0.15) is 0 Å². The average Bonchev–Trinajstić information content (AvgIpc) is 2.92. The predicted molar refractivity (Wildman–Crippen MR) is 126 cm³/mol. The Morgan fingerprint density at radius 3 is 0.806 bits per heavy atom. The van der Waals surface area contributed by atoms with Gasteiger partial charge in [-0.15, -0.1) is 20.3 Å². The van der Waals surface area contributed by atoms with Crippen molar-refractivity contribution in [1.82, 2.24) is 30.1 Å². The Bertz CT molecular complexity index is 625. The first kappa shape index (κ1) is 29.9. The van der Waals surface area contributed by atoms with Gasteiger partial charge in [0.25, 0.3) is 0 Å². The van der Waals surface area contributed by atoms with E-state index in [4.69, 9.17) is 19.4 Å². The van der Waals surface area contributed by atoms with E-state index in [-0.39, 0.29) is 0 Å². The van der Waals surface area contributed by atoms with Crippen molar-refractivity contribution in [2.75, 3.05) is 91.6 Å². The molecule has 0 N–H and O–H groups in total. The first-order valence-corrected chi connectivity index (χ1v) is 12.3. The molecular formula is C22H40N6O8. The summed E-state index contributed by atoms with van der Waals surface area (Å²) in [5, 5.41) is 6.35. The molecule has 0 bridgehead atoms. The van der Waals surface area contributed by atoms with Gasteiger partial charge in [-0.3, -0.25) is 29.0 Å². The van der Waals surface area contributed by atoms with E-state index in [1.807, 2.05) is 0 Å². The Morgan fingerprint density at radius 1 is 0.417 bits per heavy atom. The Balaban J connectivity index is 2.00. The summed E-state index contributed by atoms with van der Waals surface area (Å²) in [5.74, 6) is -1.59. The van der Waals surface area contributed by atoms with E-state index in [0.29, 0.717) is 91.6 Å². The standard InChI is InChI=1S/C22H40N6O8/c1-19(29)33-25-11-7-23(8-12-26(16-15-25)34-20(2)30)5-6-24-9-13-27(35-21(3)31)17-18-28(14-10-24)36-22(4)32/h5-18H2,1-4H3. The van der Waals surface area contributed by atoms with E-state index >= 15 is 0 Å². The lowest BCUT2D eigenvalue weighted by molar-refractivity contribution is -0.203. The minimum Gasteiger partial charge on any atom is -0.368 e. The van der Waals surface area contributed by atoms with E-state index in [0.717, 1.165) is 0 Å². The SMILES string of the molecule is CC(=O)ON1CCN(CCN2CCN(OC(C)=O)CCN(OC(C)=O)CC2)CCN(OC(C)=O)CC1. The second kappa shape index (κ2) is 15.7. The molecule has 0 aromatic rings. The molecule has 0 amide bonds. The van der Waals surface area contributed by atoms with Crippen LogP contribution < -0.4 is 0 Å². The van der Waals surface area contributed by atoms with Gasteiger partial charge in [-0.1, -0.05) is 0 Å². The van der Waals surface area contributed by atoms with Crippen LogP contribution in [0.1, 0.15) is 27.7 Å². The second-order valence-electron chi connectivity index (χ2n) is 8.73. The summed E-state index contributed by atoms with van der Waals surface area (Å²) >= 11 is 0. The number of carbonyl (C=O) groups is 4. The maximum atomic E-state index is 11.5. The third-order valence-corrected chi connectivity index (χ3v) is 5.62. The summed E-state index contributed by atoms with van der Waals surface area (Å²) in [7, 11) is 0. The normalized spacial score (nSPS) is 21.1. The number of carbonyl (C=O) groups excluding carboxylic acids is 4. The number of hydrogen-bond acceptors (Lipinski definition) is 14. The summed E-state index contributed by atoms with van der Waals surface area (Å²) in [6, 6.07) is 0. The lowest BCUT2D eigenvalue weighted by atomic mass is 10.3. The van der Waals surface area contributed by atoms with Crippen LogP contribution in [0.25, 0.3) is 0 Å². The first-order valence-electron chi connectivity index (χ1n) is 12.3. The molecule has 0 aromatic carbocycles. The topological polar surface area (TPSA) is 125 Å². The van der Waals surface area contributed by atoms with Gasteiger partial charge in [0.2, 0.25) is 0 Å². The van der Waals surface area contributed by atoms with Crippen molar-refractivity contribution in [3.63, 3.8) is 0 Å². The number of rotatable bonds is 7. The van der Waals surface area contributed by atoms with Crippen LogP contribution in [0, 0.1) is 0 Å². The van der Waals surface area contributed by atoms with Crippen LogP contribution in [0.2, 0.25) is 0 Å². The second-order valence-corrected chi connectivity index (χ2v) is 8.73. The third-order valence-electron chi connectivity index (χ3n) is 5.62. The van der Waals surface area contributed by atoms with Crippen molar-refractivity contribution in [3.05, 3.63) is 0 Å². The number of hydroxylamine groups is 8. The quantitative estimate of drug-likeness (QED) is 0.399. The average molecular weight is 517 g/mol. The Morgan fingerprint density at radius 2 is 0.611 bits per heavy atom. The zero-order valence-electron chi connectivity index (χ0n) is 21.8. The van der Waals surface area contributed by atoms with Gasteiger partial charge >= 0.3 is 23.9 Å².